The zero-order valence-corrected chi connectivity index (χ0v) is 7.28. The van der Waals surface area contributed by atoms with E-state index in [1.54, 1.807) is 6.92 Å². The Labute approximate surface area is 71.5 Å². The molecule has 0 saturated carbocycles. The molecule has 12 heavy (non-hydrogen) atoms. The van der Waals surface area contributed by atoms with Gasteiger partial charge in [-0.3, -0.25) is 4.79 Å². The van der Waals surface area contributed by atoms with E-state index in [4.69, 9.17) is 0 Å². The van der Waals surface area contributed by atoms with Crippen molar-refractivity contribution >= 4 is 5.91 Å². The second-order valence-electron chi connectivity index (χ2n) is 2.50. The van der Waals surface area contributed by atoms with Crippen LogP contribution in [0.15, 0.2) is 36.3 Å². The largest absolute Gasteiger partial charge is 0.324 e. The molecule has 66 valence electrons. The highest BCUT2D eigenvalue weighted by molar-refractivity contribution is 5.75. The summed E-state index contributed by atoms with van der Waals surface area (Å²) in [6.07, 6.45) is 1.21. The van der Waals surface area contributed by atoms with Crippen molar-refractivity contribution < 1.29 is 9.18 Å². The number of amides is 1. The zero-order valence-electron chi connectivity index (χ0n) is 7.28. The number of halogens is 1. The summed E-state index contributed by atoms with van der Waals surface area (Å²) >= 11 is 0. The minimum Gasteiger partial charge on any atom is -0.324 e. The van der Waals surface area contributed by atoms with Crippen molar-refractivity contribution in [3.8, 4) is 0 Å². The minimum atomic E-state index is -0.572. The lowest BCUT2D eigenvalue weighted by Gasteiger charge is -2.02. The molecule has 1 N–H and O–H groups in total. The molecule has 0 aliphatic rings. The van der Waals surface area contributed by atoms with Crippen molar-refractivity contribution in [3.05, 3.63) is 36.3 Å². The molecular weight excluding hydrogens is 157 g/mol. The van der Waals surface area contributed by atoms with Gasteiger partial charge in [-0.05, 0) is 13.0 Å². The van der Waals surface area contributed by atoms with Gasteiger partial charge >= 0.3 is 0 Å². The maximum Gasteiger partial charge on any atom is 0.221 e. The summed E-state index contributed by atoms with van der Waals surface area (Å²) in [7, 11) is 0. The zero-order chi connectivity index (χ0) is 9.72. The van der Waals surface area contributed by atoms with Gasteiger partial charge in [-0.25, -0.2) is 4.39 Å². The van der Waals surface area contributed by atoms with Crippen molar-refractivity contribution in [1.82, 2.24) is 5.32 Å². The van der Waals surface area contributed by atoms with E-state index in [2.05, 4.69) is 18.5 Å². The number of allylic oxidation sites excluding steroid dienone is 3. The molecule has 3 heteroatoms. The molecule has 0 heterocycles. The smallest absolute Gasteiger partial charge is 0.221 e. The number of nitrogens with one attached hydrogen (secondary N) is 1. The van der Waals surface area contributed by atoms with Crippen LogP contribution in [0.5, 0.6) is 0 Å². The summed E-state index contributed by atoms with van der Waals surface area (Å²) in [6, 6.07) is 0. The van der Waals surface area contributed by atoms with Crippen molar-refractivity contribution in [1.29, 1.82) is 0 Å². The lowest BCUT2D eigenvalue weighted by Crippen LogP contribution is -2.18. The molecule has 0 aromatic carbocycles. The van der Waals surface area contributed by atoms with Gasteiger partial charge in [0, 0.05) is 6.92 Å². The van der Waals surface area contributed by atoms with Crippen molar-refractivity contribution in [2.75, 3.05) is 0 Å². The molecule has 0 rings (SSSR count). The highest BCUT2D eigenvalue weighted by Crippen LogP contribution is 2.08. The fraction of sp³-hybridized carbons (Fsp3) is 0.222. The second-order valence-corrected chi connectivity index (χ2v) is 2.50. The Kier molecular flexibility index (Phi) is 3.97. The molecule has 0 fully saturated rings. The summed E-state index contributed by atoms with van der Waals surface area (Å²) in [5.41, 5.74) is 0.532. The molecular formula is C9H12FNO. The van der Waals surface area contributed by atoms with Crippen LogP contribution in [-0.4, -0.2) is 5.91 Å². The van der Waals surface area contributed by atoms with E-state index < -0.39 is 5.83 Å². The molecule has 0 unspecified atom stereocenters. The van der Waals surface area contributed by atoms with Gasteiger partial charge in [0.25, 0.3) is 0 Å². The number of hydrogen-bond donors (Lipinski definition) is 1. The predicted octanol–water partition coefficient (Wildman–Crippen LogP) is 2.07. The first-order chi connectivity index (χ1) is 5.43. The van der Waals surface area contributed by atoms with E-state index in [1.165, 1.54) is 13.0 Å². The molecule has 2 nitrogen and oxygen atoms in total. The van der Waals surface area contributed by atoms with Crippen LogP contribution < -0.4 is 5.32 Å². The van der Waals surface area contributed by atoms with Crippen LogP contribution in [0.1, 0.15) is 13.8 Å². The molecule has 0 aromatic rings. The van der Waals surface area contributed by atoms with Crippen LogP contribution in [0.25, 0.3) is 0 Å². The van der Waals surface area contributed by atoms with Crippen LogP contribution >= 0.6 is 0 Å². The van der Waals surface area contributed by atoms with E-state index in [-0.39, 0.29) is 11.6 Å². The fourth-order valence-corrected chi connectivity index (χ4v) is 0.576. The number of rotatable bonds is 3. The molecule has 0 atom stereocenters. The first kappa shape index (κ1) is 10.6. The second kappa shape index (κ2) is 4.49. The molecule has 0 aliphatic heterocycles. The Hall–Kier alpha value is -1.38. The van der Waals surface area contributed by atoms with Gasteiger partial charge in [0.15, 0.2) is 0 Å². The van der Waals surface area contributed by atoms with Crippen LogP contribution in [0.3, 0.4) is 0 Å². The maximum atomic E-state index is 12.9. The quantitative estimate of drug-likeness (QED) is 0.644. The summed E-state index contributed by atoms with van der Waals surface area (Å²) in [5, 5.41) is 2.23. The summed E-state index contributed by atoms with van der Waals surface area (Å²) in [6.45, 7) is 9.76. The van der Waals surface area contributed by atoms with Gasteiger partial charge in [0.05, 0.1) is 5.70 Å². The Morgan fingerprint density at radius 2 is 1.92 bits per heavy atom. The van der Waals surface area contributed by atoms with Crippen LogP contribution in [0, 0.1) is 0 Å². The predicted molar refractivity (Wildman–Crippen MR) is 47.0 cm³/mol. The molecule has 1 amide bonds. The molecule has 0 radical (unpaired) electrons. The Bertz CT molecular complexity index is 253. The average molecular weight is 169 g/mol. The molecule has 0 aromatic heterocycles. The van der Waals surface area contributed by atoms with E-state index in [0.717, 1.165) is 0 Å². The van der Waals surface area contributed by atoms with Gasteiger partial charge in [-0.2, -0.15) is 0 Å². The minimum absolute atomic E-state index is 0.0366. The highest BCUT2D eigenvalue weighted by atomic mass is 19.1. The fourth-order valence-electron chi connectivity index (χ4n) is 0.576. The summed E-state index contributed by atoms with van der Waals surface area (Å²) in [4.78, 5) is 10.5. The molecule has 0 saturated heterocycles. The normalized spacial score (nSPS) is 10.8. The van der Waals surface area contributed by atoms with Crippen molar-refractivity contribution in [2.24, 2.45) is 0 Å². The third-order valence-corrected chi connectivity index (χ3v) is 0.988. The highest BCUT2D eigenvalue weighted by Gasteiger charge is 2.01. The monoisotopic (exact) mass is 169 g/mol. The van der Waals surface area contributed by atoms with E-state index in [0.29, 0.717) is 5.57 Å². The lowest BCUT2D eigenvalue weighted by molar-refractivity contribution is -0.118. The van der Waals surface area contributed by atoms with Crippen molar-refractivity contribution in [3.63, 3.8) is 0 Å². The first-order valence-electron chi connectivity index (χ1n) is 3.43. The average Bonchev–Trinajstić information content (AvgIpc) is 1.84. The number of carbonyl (C=O) groups excluding carboxylic acids is 1. The van der Waals surface area contributed by atoms with Crippen LogP contribution in [-0.2, 0) is 4.79 Å². The van der Waals surface area contributed by atoms with E-state index in [9.17, 15) is 9.18 Å². The van der Waals surface area contributed by atoms with Crippen LogP contribution in [0.4, 0.5) is 4.39 Å². The van der Waals surface area contributed by atoms with E-state index >= 15 is 0 Å². The lowest BCUT2D eigenvalue weighted by atomic mass is 10.3. The topological polar surface area (TPSA) is 29.1 Å². The summed E-state index contributed by atoms with van der Waals surface area (Å²) in [5.74, 6) is -0.914. The van der Waals surface area contributed by atoms with Gasteiger partial charge < -0.3 is 5.32 Å². The Balaban J connectivity index is 4.29. The van der Waals surface area contributed by atoms with Gasteiger partial charge in [0.1, 0.15) is 5.83 Å². The molecule has 0 aliphatic carbocycles. The Morgan fingerprint density at radius 1 is 1.42 bits per heavy atom. The van der Waals surface area contributed by atoms with Gasteiger partial charge in [0.2, 0.25) is 5.91 Å². The Morgan fingerprint density at radius 3 is 2.25 bits per heavy atom. The van der Waals surface area contributed by atoms with Crippen molar-refractivity contribution in [2.45, 2.75) is 13.8 Å². The SMILES string of the molecule is C=C(C)/C=C(/F)C(=C)NC(C)=O. The van der Waals surface area contributed by atoms with Crippen LogP contribution in [0.2, 0.25) is 0 Å². The number of hydrogen-bond acceptors (Lipinski definition) is 1. The van der Waals surface area contributed by atoms with E-state index in [1.807, 2.05) is 0 Å². The first-order valence-corrected chi connectivity index (χ1v) is 3.43. The molecule has 0 spiro atoms. The third kappa shape index (κ3) is 4.44. The maximum absolute atomic E-state index is 12.9. The van der Waals surface area contributed by atoms with Gasteiger partial charge in [-0.1, -0.05) is 18.7 Å². The third-order valence-electron chi connectivity index (χ3n) is 0.988. The number of carbonyl (C=O) groups is 1. The standard InChI is InChI=1S/C9H12FNO/c1-6(2)5-9(10)7(3)11-8(4)12/h5H,1,3H2,2,4H3,(H,11,12)/b9-5+. The summed E-state index contributed by atoms with van der Waals surface area (Å²) < 4.78 is 12.9. The van der Waals surface area contributed by atoms with Gasteiger partial charge in [-0.15, -0.1) is 0 Å². The molecule has 0 bridgehead atoms.